The summed E-state index contributed by atoms with van der Waals surface area (Å²) in [6.07, 6.45) is 8.98. The predicted molar refractivity (Wildman–Crippen MR) is 75.7 cm³/mol. The zero-order valence-electron chi connectivity index (χ0n) is 12.2. The number of hydrogen-bond acceptors (Lipinski definition) is 3. The largest absolute Gasteiger partial charge is 0.369 e. The molecule has 0 N–H and O–H groups in total. The standard InChI is InChI=1S/C15H24N2O2/c1-15(2,19-3)14(18)17-11-9-16(10-12-17)13-7-5-4-6-8-13/h5,7-8H,4,6,9-12H2,1-3H3. The zero-order chi connectivity index (χ0) is 13.9. The number of piperazine rings is 1. The first-order valence-electron chi connectivity index (χ1n) is 7.01. The second-order valence-electron chi connectivity index (χ2n) is 5.60. The summed E-state index contributed by atoms with van der Waals surface area (Å²) in [6, 6.07) is 0. The molecule has 2 aliphatic rings. The van der Waals surface area contributed by atoms with Gasteiger partial charge >= 0.3 is 0 Å². The molecule has 0 atom stereocenters. The van der Waals surface area contributed by atoms with Crippen molar-refractivity contribution in [1.29, 1.82) is 0 Å². The quantitative estimate of drug-likeness (QED) is 0.779. The second kappa shape index (κ2) is 5.78. The van der Waals surface area contributed by atoms with Crippen LogP contribution in [0.4, 0.5) is 0 Å². The molecule has 0 saturated carbocycles. The van der Waals surface area contributed by atoms with Gasteiger partial charge in [-0.2, -0.15) is 0 Å². The maximum Gasteiger partial charge on any atom is 0.254 e. The van der Waals surface area contributed by atoms with Gasteiger partial charge in [0.1, 0.15) is 5.60 Å². The molecule has 1 amide bonds. The minimum atomic E-state index is -0.716. The maximum atomic E-state index is 12.3. The number of ether oxygens (including phenoxy) is 1. The van der Waals surface area contributed by atoms with Crippen molar-refractivity contribution in [3.63, 3.8) is 0 Å². The number of hydrogen-bond donors (Lipinski definition) is 0. The molecule has 0 aromatic heterocycles. The number of amides is 1. The van der Waals surface area contributed by atoms with E-state index >= 15 is 0 Å². The lowest BCUT2D eigenvalue weighted by Crippen LogP contribution is -2.54. The highest BCUT2D eigenvalue weighted by atomic mass is 16.5. The van der Waals surface area contributed by atoms with Crippen LogP contribution in [0, 0.1) is 0 Å². The summed E-state index contributed by atoms with van der Waals surface area (Å²) < 4.78 is 5.27. The van der Waals surface area contributed by atoms with Gasteiger partial charge in [-0.25, -0.2) is 0 Å². The van der Waals surface area contributed by atoms with E-state index in [0.29, 0.717) is 0 Å². The molecule has 0 aromatic rings. The third kappa shape index (κ3) is 3.18. The molecule has 4 heteroatoms. The molecule has 0 spiro atoms. The first-order valence-corrected chi connectivity index (χ1v) is 7.01. The molecule has 4 nitrogen and oxygen atoms in total. The molecule has 19 heavy (non-hydrogen) atoms. The fraction of sp³-hybridized carbons (Fsp3) is 0.667. The summed E-state index contributed by atoms with van der Waals surface area (Å²) in [5.41, 5.74) is 0.593. The molecule has 1 saturated heterocycles. The SMILES string of the molecule is COC(C)(C)C(=O)N1CCN(C2=CCCC=C2)CC1. The van der Waals surface area contributed by atoms with Crippen molar-refractivity contribution in [3.8, 4) is 0 Å². The Balaban J connectivity index is 1.91. The third-order valence-corrected chi connectivity index (χ3v) is 3.93. The Morgan fingerprint density at radius 3 is 2.42 bits per heavy atom. The van der Waals surface area contributed by atoms with E-state index in [9.17, 15) is 4.79 Å². The van der Waals surface area contributed by atoms with E-state index < -0.39 is 5.60 Å². The average molecular weight is 264 g/mol. The van der Waals surface area contributed by atoms with Crippen LogP contribution in [0.5, 0.6) is 0 Å². The van der Waals surface area contributed by atoms with Crippen molar-refractivity contribution in [2.45, 2.75) is 32.3 Å². The van der Waals surface area contributed by atoms with Gasteiger partial charge in [0, 0.05) is 39.0 Å². The van der Waals surface area contributed by atoms with Gasteiger partial charge < -0.3 is 14.5 Å². The molecule has 0 unspecified atom stereocenters. The number of allylic oxidation sites excluding steroid dienone is 3. The zero-order valence-corrected chi connectivity index (χ0v) is 12.2. The molecule has 1 aliphatic carbocycles. The van der Waals surface area contributed by atoms with Crippen LogP contribution in [-0.2, 0) is 9.53 Å². The first-order chi connectivity index (χ1) is 9.04. The van der Waals surface area contributed by atoms with E-state index in [1.165, 1.54) is 5.70 Å². The van der Waals surface area contributed by atoms with Gasteiger partial charge in [0.05, 0.1) is 0 Å². The highest BCUT2D eigenvalue weighted by molar-refractivity contribution is 5.84. The van der Waals surface area contributed by atoms with Gasteiger partial charge in [0.15, 0.2) is 0 Å². The highest BCUT2D eigenvalue weighted by Gasteiger charge is 2.33. The van der Waals surface area contributed by atoms with Crippen LogP contribution in [0.15, 0.2) is 23.9 Å². The Morgan fingerprint density at radius 2 is 1.89 bits per heavy atom. The fourth-order valence-corrected chi connectivity index (χ4v) is 2.47. The van der Waals surface area contributed by atoms with E-state index in [1.807, 2.05) is 18.7 Å². The lowest BCUT2D eigenvalue weighted by Gasteiger charge is -2.39. The van der Waals surface area contributed by atoms with Gasteiger partial charge in [-0.1, -0.05) is 12.2 Å². The van der Waals surface area contributed by atoms with Crippen LogP contribution in [0.1, 0.15) is 26.7 Å². The van der Waals surface area contributed by atoms with Gasteiger partial charge in [-0.15, -0.1) is 0 Å². The number of rotatable bonds is 3. The van der Waals surface area contributed by atoms with Gasteiger partial charge in [0.25, 0.3) is 5.91 Å². The maximum absolute atomic E-state index is 12.3. The van der Waals surface area contributed by atoms with Crippen LogP contribution in [0.2, 0.25) is 0 Å². The first kappa shape index (κ1) is 14.1. The Bertz CT molecular complexity index is 391. The molecule has 2 rings (SSSR count). The normalized spacial score (nSPS) is 20.5. The summed E-state index contributed by atoms with van der Waals surface area (Å²) >= 11 is 0. The second-order valence-corrected chi connectivity index (χ2v) is 5.60. The third-order valence-electron chi connectivity index (χ3n) is 3.93. The van der Waals surface area contributed by atoms with Crippen molar-refractivity contribution in [2.75, 3.05) is 33.3 Å². The van der Waals surface area contributed by atoms with Gasteiger partial charge in [-0.3, -0.25) is 4.79 Å². The summed E-state index contributed by atoms with van der Waals surface area (Å²) in [6.45, 7) is 7.01. The summed E-state index contributed by atoms with van der Waals surface area (Å²) in [7, 11) is 1.59. The minimum Gasteiger partial charge on any atom is -0.369 e. The molecule has 0 aromatic carbocycles. The minimum absolute atomic E-state index is 0.0859. The van der Waals surface area contributed by atoms with Crippen LogP contribution in [0.25, 0.3) is 0 Å². The predicted octanol–water partition coefficient (Wildman–Crippen LogP) is 1.79. The number of carbonyl (C=O) groups excluding carboxylic acids is 1. The number of methoxy groups -OCH3 is 1. The lowest BCUT2D eigenvalue weighted by atomic mass is 10.1. The molecule has 0 radical (unpaired) electrons. The van der Waals surface area contributed by atoms with Crippen LogP contribution >= 0.6 is 0 Å². The summed E-state index contributed by atoms with van der Waals surface area (Å²) in [5, 5.41) is 0. The molecule has 1 aliphatic heterocycles. The van der Waals surface area contributed by atoms with Crippen LogP contribution in [-0.4, -0.2) is 54.6 Å². The van der Waals surface area contributed by atoms with Crippen LogP contribution in [0.3, 0.4) is 0 Å². The highest BCUT2D eigenvalue weighted by Crippen LogP contribution is 2.19. The van der Waals surface area contributed by atoms with Gasteiger partial charge in [-0.05, 0) is 32.8 Å². The van der Waals surface area contributed by atoms with E-state index in [2.05, 4.69) is 23.1 Å². The molecular weight excluding hydrogens is 240 g/mol. The summed E-state index contributed by atoms with van der Waals surface area (Å²) in [5.74, 6) is 0.0859. The van der Waals surface area contributed by atoms with E-state index in [1.54, 1.807) is 7.11 Å². The Kier molecular flexibility index (Phi) is 4.30. The van der Waals surface area contributed by atoms with Crippen LogP contribution < -0.4 is 0 Å². The molecule has 106 valence electrons. The number of carbonyl (C=O) groups is 1. The Labute approximate surface area is 115 Å². The van der Waals surface area contributed by atoms with Crippen molar-refractivity contribution in [3.05, 3.63) is 23.9 Å². The monoisotopic (exact) mass is 264 g/mol. The van der Waals surface area contributed by atoms with Crippen molar-refractivity contribution in [2.24, 2.45) is 0 Å². The lowest BCUT2D eigenvalue weighted by molar-refractivity contribution is -0.152. The van der Waals surface area contributed by atoms with Crippen molar-refractivity contribution < 1.29 is 9.53 Å². The van der Waals surface area contributed by atoms with Crippen molar-refractivity contribution >= 4 is 5.91 Å². The number of nitrogens with zero attached hydrogens (tertiary/aromatic N) is 2. The molecule has 1 fully saturated rings. The molecular formula is C15H24N2O2. The Hall–Kier alpha value is -1.29. The van der Waals surface area contributed by atoms with E-state index in [4.69, 9.17) is 4.74 Å². The Morgan fingerprint density at radius 1 is 1.21 bits per heavy atom. The molecule has 1 heterocycles. The van der Waals surface area contributed by atoms with E-state index in [0.717, 1.165) is 39.0 Å². The average Bonchev–Trinajstić information content (AvgIpc) is 2.47. The fourth-order valence-electron chi connectivity index (χ4n) is 2.47. The smallest absolute Gasteiger partial charge is 0.254 e. The van der Waals surface area contributed by atoms with E-state index in [-0.39, 0.29) is 5.91 Å². The van der Waals surface area contributed by atoms with Gasteiger partial charge in [0.2, 0.25) is 0 Å². The molecule has 0 bridgehead atoms. The topological polar surface area (TPSA) is 32.8 Å². The summed E-state index contributed by atoms with van der Waals surface area (Å²) in [4.78, 5) is 16.6. The van der Waals surface area contributed by atoms with Crippen molar-refractivity contribution in [1.82, 2.24) is 9.80 Å².